The molecule has 1 aliphatic rings. The third-order valence-corrected chi connectivity index (χ3v) is 4.86. The summed E-state index contributed by atoms with van der Waals surface area (Å²) in [5.74, 6) is 1.81. The first-order chi connectivity index (χ1) is 11.5. The molecule has 1 aromatic carbocycles. The van der Waals surface area contributed by atoms with Crippen LogP contribution in [0.3, 0.4) is 0 Å². The summed E-state index contributed by atoms with van der Waals surface area (Å²) in [6, 6.07) is 8.28. The van der Waals surface area contributed by atoms with Gasteiger partial charge in [0.05, 0.1) is 6.04 Å². The molecule has 1 fully saturated rings. The highest BCUT2D eigenvalue weighted by molar-refractivity contribution is 6.30. The van der Waals surface area contributed by atoms with E-state index >= 15 is 0 Å². The van der Waals surface area contributed by atoms with E-state index in [1.54, 1.807) is 0 Å². The van der Waals surface area contributed by atoms with Crippen molar-refractivity contribution < 1.29 is 4.52 Å². The minimum atomic E-state index is 0.169. The summed E-state index contributed by atoms with van der Waals surface area (Å²) < 4.78 is 5.45. The summed E-state index contributed by atoms with van der Waals surface area (Å²) in [7, 11) is 0. The van der Waals surface area contributed by atoms with Crippen LogP contribution in [0.1, 0.15) is 50.0 Å². The molecule has 0 aliphatic carbocycles. The highest BCUT2D eigenvalue weighted by Gasteiger charge is 2.26. The Hall–Kier alpha value is -1.43. The molecule has 6 heteroatoms. The van der Waals surface area contributed by atoms with E-state index in [0.29, 0.717) is 5.92 Å². The zero-order chi connectivity index (χ0) is 17.1. The van der Waals surface area contributed by atoms with Crippen LogP contribution in [0.25, 0.3) is 0 Å². The number of hydrogen-bond acceptors (Lipinski definition) is 5. The molecule has 24 heavy (non-hydrogen) atoms. The fourth-order valence-corrected chi connectivity index (χ4v) is 3.09. The van der Waals surface area contributed by atoms with E-state index in [-0.39, 0.29) is 6.04 Å². The lowest BCUT2D eigenvalue weighted by Crippen LogP contribution is -2.46. The molecule has 0 spiro atoms. The lowest BCUT2D eigenvalue weighted by Gasteiger charge is -2.36. The highest BCUT2D eigenvalue weighted by atomic mass is 35.5. The zero-order valence-corrected chi connectivity index (χ0v) is 15.3. The first-order valence-electron chi connectivity index (χ1n) is 8.57. The fraction of sp³-hybridized carbons (Fsp3) is 0.556. The Balaban J connectivity index is 1.53. The summed E-state index contributed by atoms with van der Waals surface area (Å²) >= 11 is 5.95. The molecule has 1 aliphatic heterocycles. The molecule has 0 amide bonds. The minimum Gasteiger partial charge on any atom is -0.338 e. The maximum absolute atomic E-state index is 5.95. The molecule has 3 rings (SSSR count). The van der Waals surface area contributed by atoms with Crippen LogP contribution in [0.15, 0.2) is 28.8 Å². The molecule has 2 aromatic rings. The zero-order valence-electron chi connectivity index (χ0n) is 14.6. The van der Waals surface area contributed by atoms with Gasteiger partial charge in [-0.1, -0.05) is 42.7 Å². The van der Waals surface area contributed by atoms with Gasteiger partial charge in [0.2, 0.25) is 5.89 Å². The molecule has 2 heterocycles. The number of halogens is 1. The van der Waals surface area contributed by atoms with Gasteiger partial charge in [0.1, 0.15) is 0 Å². The molecule has 1 saturated heterocycles. The van der Waals surface area contributed by atoms with Crippen molar-refractivity contribution in [1.82, 2.24) is 19.9 Å². The second-order valence-corrected chi connectivity index (χ2v) is 7.20. The quantitative estimate of drug-likeness (QED) is 0.824. The predicted octanol–water partition coefficient (Wildman–Crippen LogP) is 3.73. The predicted molar refractivity (Wildman–Crippen MR) is 95.1 cm³/mol. The first kappa shape index (κ1) is 17.4. The second kappa shape index (κ2) is 7.64. The van der Waals surface area contributed by atoms with Gasteiger partial charge in [-0.15, -0.1) is 0 Å². The average Bonchev–Trinajstić information content (AvgIpc) is 3.07. The SMILES string of the molecule is CC(C)c1noc(C(C)N2CCN(Cc3ccc(Cl)cc3)CC2)n1. The van der Waals surface area contributed by atoms with Crippen molar-refractivity contribution in [3.05, 3.63) is 46.6 Å². The third-order valence-electron chi connectivity index (χ3n) is 4.61. The van der Waals surface area contributed by atoms with Crippen LogP contribution < -0.4 is 0 Å². The molecule has 0 saturated carbocycles. The topological polar surface area (TPSA) is 45.4 Å². The Kier molecular flexibility index (Phi) is 5.54. The standard InChI is InChI=1S/C18H25ClN4O/c1-13(2)17-20-18(24-21-17)14(3)23-10-8-22(9-11-23)12-15-4-6-16(19)7-5-15/h4-7,13-14H,8-12H2,1-3H3. The number of benzene rings is 1. The number of hydrogen-bond donors (Lipinski definition) is 0. The molecule has 130 valence electrons. The van der Waals surface area contributed by atoms with Crippen LogP contribution in [-0.2, 0) is 6.54 Å². The smallest absolute Gasteiger partial charge is 0.243 e. The summed E-state index contributed by atoms with van der Waals surface area (Å²) in [6.07, 6.45) is 0. The van der Waals surface area contributed by atoms with Gasteiger partial charge >= 0.3 is 0 Å². The number of rotatable bonds is 5. The summed E-state index contributed by atoms with van der Waals surface area (Å²) in [6.45, 7) is 11.4. The lowest BCUT2D eigenvalue weighted by atomic mass is 10.1. The van der Waals surface area contributed by atoms with Gasteiger partial charge in [-0.25, -0.2) is 0 Å². The summed E-state index contributed by atoms with van der Waals surface area (Å²) in [4.78, 5) is 9.42. The molecule has 0 radical (unpaired) electrons. The lowest BCUT2D eigenvalue weighted by molar-refractivity contribution is 0.0845. The van der Waals surface area contributed by atoms with Crippen molar-refractivity contribution in [1.29, 1.82) is 0 Å². The van der Waals surface area contributed by atoms with E-state index in [0.717, 1.165) is 49.5 Å². The molecule has 5 nitrogen and oxygen atoms in total. The van der Waals surface area contributed by atoms with E-state index in [1.807, 2.05) is 12.1 Å². The maximum atomic E-state index is 5.95. The Morgan fingerprint density at radius 2 is 1.75 bits per heavy atom. The Morgan fingerprint density at radius 3 is 2.33 bits per heavy atom. The molecule has 0 bridgehead atoms. The van der Waals surface area contributed by atoms with Crippen LogP contribution >= 0.6 is 11.6 Å². The number of nitrogens with zero attached hydrogens (tertiary/aromatic N) is 4. The van der Waals surface area contributed by atoms with E-state index < -0.39 is 0 Å². The van der Waals surface area contributed by atoms with Gasteiger partial charge in [-0.2, -0.15) is 4.98 Å². The molecule has 0 N–H and O–H groups in total. The number of piperazine rings is 1. The van der Waals surface area contributed by atoms with E-state index in [9.17, 15) is 0 Å². The van der Waals surface area contributed by atoms with Crippen LogP contribution in [0.2, 0.25) is 5.02 Å². The van der Waals surface area contributed by atoms with Crippen molar-refractivity contribution in [2.75, 3.05) is 26.2 Å². The van der Waals surface area contributed by atoms with Gasteiger partial charge in [0.15, 0.2) is 5.82 Å². The van der Waals surface area contributed by atoms with Crippen molar-refractivity contribution >= 4 is 11.6 Å². The Labute approximate surface area is 148 Å². The van der Waals surface area contributed by atoms with Gasteiger partial charge in [0, 0.05) is 43.7 Å². The molecular formula is C18H25ClN4O. The number of aromatic nitrogens is 2. The minimum absolute atomic E-state index is 0.169. The van der Waals surface area contributed by atoms with E-state index in [4.69, 9.17) is 16.1 Å². The van der Waals surface area contributed by atoms with E-state index in [1.165, 1.54) is 5.56 Å². The normalized spacial score (nSPS) is 18.2. The van der Waals surface area contributed by atoms with Crippen LogP contribution in [0.4, 0.5) is 0 Å². The van der Waals surface area contributed by atoms with Gasteiger partial charge < -0.3 is 4.52 Å². The van der Waals surface area contributed by atoms with Crippen LogP contribution in [0, 0.1) is 0 Å². The van der Waals surface area contributed by atoms with Crippen molar-refractivity contribution in [2.45, 2.75) is 39.3 Å². The maximum Gasteiger partial charge on any atom is 0.243 e. The van der Waals surface area contributed by atoms with Crippen molar-refractivity contribution in [2.24, 2.45) is 0 Å². The fourth-order valence-electron chi connectivity index (χ4n) is 2.96. The Bertz CT molecular complexity index is 647. The monoisotopic (exact) mass is 348 g/mol. The molecule has 1 unspecified atom stereocenters. The third kappa shape index (κ3) is 4.15. The van der Waals surface area contributed by atoms with E-state index in [2.05, 4.69) is 52.8 Å². The van der Waals surface area contributed by atoms with Gasteiger partial charge in [0.25, 0.3) is 0 Å². The molecule has 1 aromatic heterocycles. The average molecular weight is 349 g/mol. The van der Waals surface area contributed by atoms with Gasteiger partial charge in [-0.05, 0) is 24.6 Å². The van der Waals surface area contributed by atoms with Crippen LogP contribution in [-0.4, -0.2) is 46.1 Å². The van der Waals surface area contributed by atoms with Gasteiger partial charge in [-0.3, -0.25) is 9.80 Å². The largest absolute Gasteiger partial charge is 0.338 e. The van der Waals surface area contributed by atoms with Crippen molar-refractivity contribution in [3.63, 3.8) is 0 Å². The Morgan fingerprint density at radius 1 is 1.08 bits per heavy atom. The van der Waals surface area contributed by atoms with Crippen molar-refractivity contribution in [3.8, 4) is 0 Å². The first-order valence-corrected chi connectivity index (χ1v) is 8.95. The second-order valence-electron chi connectivity index (χ2n) is 6.76. The highest BCUT2D eigenvalue weighted by Crippen LogP contribution is 2.22. The summed E-state index contributed by atoms with van der Waals surface area (Å²) in [5, 5.41) is 4.87. The molecule has 1 atom stereocenters. The van der Waals surface area contributed by atoms with Crippen LogP contribution in [0.5, 0.6) is 0 Å². The summed E-state index contributed by atoms with van der Waals surface area (Å²) in [5.41, 5.74) is 1.30. The molecular weight excluding hydrogens is 324 g/mol.